The lowest BCUT2D eigenvalue weighted by molar-refractivity contribution is -0.187. The molecule has 0 unspecified atom stereocenters. The Kier molecular flexibility index (Phi) is 6.24. The van der Waals surface area contributed by atoms with E-state index < -0.39 is 5.60 Å². The first-order chi connectivity index (χ1) is 15.1. The fourth-order valence-electron chi connectivity index (χ4n) is 8.15. The van der Waals surface area contributed by atoms with Crippen LogP contribution in [0.4, 0.5) is 0 Å². The van der Waals surface area contributed by atoms with Crippen LogP contribution in [0, 0.1) is 28.6 Å². The topological polar surface area (TPSA) is 63.6 Å². The molecule has 0 heterocycles. The zero-order valence-corrected chi connectivity index (χ0v) is 20.7. The molecule has 0 saturated heterocycles. The van der Waals surface area contributed by atoms with Crippen LogP contribution in [-0.4, -0.2) is 28.6 Å². The maximum atomic E-state index is 13.1. The van der Waals surface area contributed by atoms with Crippen LogP contribution in [0.25, 0.3) is 0 Å². The molecule has 4 rings (SSSR count). The van der Waals surface area contributed by atoms with E-state index in [1.165, 1.54) is 11.1 Å². The molecule has 4 nitrogen and oxygen atoms in total. The maximum Gasteiger partial charge on any atom is 0.306 e. The van der Waals surface area contributed by atoms with Crippen molar-refractivity contribution in [2.24, 2.45) is 28.6 Å². The minimum atomic E-state index is -0.979. The van der Waals surface area contributed by atoms with Crippen molar-refractivity contribution < 1.29 is 19.4 Å². The lowest BCUT2D eigenvalue weighted by Crippen LogP contribution is -2.58. The smallest absolute Gasteiger partial charge is 0.306 e. The molecule has 2 fully saturated rings. The number of hydrogen-bond acceptors (Lipinski definition) is 4. The van der Waals surface area contributed by atoms with Gasteiger partial charge in [-0.25, -0.2) is 0 Å². The number of fused-ring (bicyclic) bond motifs is 5. The second kappa shape index (κ2) is 8.42. The first-order valence-corrected chi connectivity index (χ1v) is 12.9. The second-order valence-corrected chi connectivity index (χ2v) is 11.6. The molecule has 4 aliphatic rings. The Morgan fingerprint density at radius 2 is 1.78 bits per heavy atom. The van der Waals surface area contributed by atoms with E-state index in [4.69, 9.17) is 4.74 Å². The fraction of sp³-hybridized carbons (Fsp3) is 0.786. The van der Waals surface area contributed by atoms with Gasteiger partial charge in [0.1, 0.15) is 0 Å². The van der Waals surface area contributed by atoms with Gasteiger partial charge in [0.2, 0.25) is 0 Å². The van der Waals surface area contributed by atoms with Gasteiger partial charge in [-0.05, 0) is 87.5 Å². The highest BCUT2D eigenvalue weighted by Crippen LogP contribution is 2.68. The van der Waals surface area contributed by atoms with E-state index in [2.05, 4.69) is 39.8 Å². The Morgan fingerprint density at radius 1 is 1.06 bits per heavy atom. The van der Waals surface area contributed by atoms with Crippen molar-refractivity contribution in [2.75, 3.05) is 0 Å². The number of ketones is 1. The Bertz CT molecular complexity index is 840. The highest BCUT2D eigenvalue weighted by molar-refractivity contribution is 5.89. The van der Waals surface area contributed by atoms with Crippen molar-refractivity contribution in [3.05, 3.63) is 23.3 Å². The molecule has 32 heavy (non-hydrogen) atoms. The maximum absolute atomic E-state index is 13.1. The van der Waals surface area contributed by atoms with Gasteiger partial charge in [-0.3, -0.25) is 9.59 Å². The number of aliphatic hydroxyl groups excluding tert-OH is 1. The first-order valence-electron chi connectivity index (χ1n) is 12.9. The molecule has 1 N–H and O–H groups in total. The van der Waals surface area contributed by atoms with Crippen LogP contribution in [0.2, 0.25) is 0 Å². The summed E-state index contributed by atoms with van der Waals surface area (Å²) in [5, 5.41) is 10.3. The summed E-state index contributed by atoms with van der Waals surface area (Å²) in [6.07, 6.45) is 12.9. The first kappa shape index (κ1) is 23.7. The SMILES string of the molecule is CCCCCC(=O)O[C@]1(C(C)=O)CC[C@H]2[C@@H]3C=C(C)C4=C[C@H](O)CC[C@]4(C)[C@H]3CC[C@@]21C. The van der Waals surface area contributed by atoms with Crippen molar-refractivity contribution in [3.63, 3.8) is 0 Å². The number of carbonyl (C=O) groups is 2. The van der Waals surface area contributed by atoms with Crippen LogP contribution in [0.15, 0.2) is 23.3 Å². The quantitative estimate of drug-likeness (QED) is 0.409. The number of carbonyl (C=O) groups excluding carboxylic acids is 2. The molecule has 0 bridgehead atoms. The third-order valence-electron chi connectivity index (χ3n) is 9.91. The molecule has 4 aliphatic carbocycles. The summed E-state index contributed by atoms with van der Waals surface area (Å²) >= 11 is 0. The van der Waals surface area contributed by atoms with Crippen LogP contribution in [0.1, 0.15) is 98.8 Å². The van der Waals surface area contributed by atoms with E-state index in [-0.39, 0.29) is 28.7 Å². The predicted octanol–water partition coefficient (Wildman–Crippen LogP) is 5.93. The van der Waals surface area contributed by atoms with Crippen LogP contribution < -0.4 is 0 Å². The summed E-state index contributed by atoms with van der Waals surface area (Å²) in [5.74, 6) is 1.08. The van der Waals surface area contributed by atoms with E-state index in [1.54, 1.807) is 6.92 Å². The third-order valence-corrected chi connectivity index (χ3v) is 9.91. The normalized spacial score (nSPS) is 42.8. The molecule has 4 heteroatoms. The lowest BCUT2D eigenvalue weighted by atomic mass is 9.47. The zero-order chi connectivity index (χ0) is 23.3. The van der Waals surface area contributed by atoms with E-state index in [0.717, 1.165) is 51.4 Å². The van der Waals surface area contributed by atoms with Crippen LogP contribution in [0.3, 0.4) is 0 Å². The number of allylic oxidation sites excluding steroid dienone is 3. The van der Waals surface area contributed by atoms with Gasteiger partial charge in [0.25, 0.3) is 0 Å². The van der Waals surface area contributed by atoms with Gasteiger partial charge in [-0.2, -0.15) is 0 Å². The molecule has 0 aromatic heterocycles. The second-order valence-electron chi connectivity index (χ2n) is 11.6. The summed E-state index contributed by atoms with van der Waals surface area (Å²) in [7, 11) is 0. The molecule has 2 saturated carbocycles. The minimum Gasteiger partial charge on any atom is -0.450 e. The van der Waals surface area contributed by atoms with Crippen molar-refractivity contribution in [1.29, 1.82) is 0 Å². The van der Waals surface area contributed by atoms with Gasteiger partial charge < -0.3 is 9.84 Å². The average molecular weight is 443 g/mol. The predicted molar refractivity (Wildman–Crippen MR) is 126 cm³/mol. The van der Waals surface area contributed by atoms with Gasteiger partial charge in [-0.15, -0.1) is 0 Å². The van der Waals surface area contributed by atoms with Crippen molar-refractivity contribution in [1.82, 2.24) is 0 Å². The molecule has 0 aromatic rings. The Labute approximate surface area is 193 Å². The summed E-state index contributed by atoms with van der Waals surface area (Å²) < 4.78 is 6.18. The van der Waals surface area contributed by atoms with Crippen LogP contribution in [-0.2, 0) is 14.3 Å². The van der Waals surface area contributed by atoms with Crippen molar-refractivity contribution >= 4 is 11.8 Å². The lowest BCUT2D eigenvalue weighted by Gasteiger charge is -2.58. The standard InChI is InChI=1S/C28H42O4/c1-6-7-8-9-25(31)32-28(19(3)29)15-12-23-21-16-18(2)24-17-20(30)10-13-26(24,4)22(21)11-14-27(23,28)5/h16-17,20-23,30H,6-15H2,1-5H3/t20-,21-,22+,23+,26-,27+,28+/m1/s1. The Morgan fingerprint density at radius 3 is 2.47 bits per heavy atom. The van der Waals surface area contributed by atoms with Crippen LogP contribution >= 0.6 is 0 Å². The van der Waals surface area contributed by atoms with Gasteiger partial charge in [-0.1, -0.05) is 51.3 Å². The Hall–Kier alpha value is -1.42. The highest BCUT2D eigenvalue weighted by Gasteiger charge is 2.67. The Balaban J connectivity index is 1.66. The summed E-state index contributed by atoms with van der Waals surface area (Å²) in [5.41, 5.74) is 1.41. The van der Waals surface area contributed by atoms with Crippen LogP contribution in [0.5, 0.6) is 0 Å². The molecular formula is C28H42O4. The number of aliphatic hydroxyl groups is 1. The number of hydrogen-bond donors (Lipinski definition) is 1. The third kappa shape index (κ3) is 3.43. The molecule has 0 amide bonds. The van der Waals surface area contributed by atoms with E-state index >= 15 is 0 Å². The number of esters is 1. The fourth-order valence-corrected chi connectivity index (χ4v) is 8.15. The molecule has 0 aliphatic heterocycles. The number of Topliss-reactive ketones (excluding diaryl/α,β-unsaturated/α-hetero) is 1. The zero-order valence-electron chi connectivity index (χ0n) is 20.7. The monoisotopic (exact) mass is 442 g/mol. The summed E-state index contributed by atoms with van der Waals surface area (Å²) in [6.45, 7) is 10.6. The molecular weight excluding hydrogens is 400 g/mol. The van der Waals surface area contributed by atoms with Gasteiger partial charge >= 0.3 is 5.97 Å². The highest BCUT2D eigenvalue weighted by atomic mass is 16.6. The number of unbranched alkanes of at least 4 members (excludes halogenated alkanes) is 2. The molecule has 0 spiro atoms. The van der Waals surface area contributed by atoms with Crippen molar-refractivity contribution in [3.8, 4) is 0 Å². The molecule has 0 aromatic carbocycles. The van der Waals surface area contributed by atoms with Gasteiger partial charge in [0.15, 0.2) is 11.4 Å². The van der Waals surface area contributed by atoms with E-state index in [9.17, 15) is 14.7 Å². The van der Waals surface area contributed by atoms with E-state index in [1.807, 2.05) is 0 Å². The van der Waals surface area contributed by atoms with E-state index in [0.29, 0.717) is 30.6 Å². The molecule has 178 valence electrons. The van der Waals surface area contributed by atoms with Gasteiger partial charge in [0.05, 0.1) is 6.10 Å². The molecule has 0 radical (unpaired) electrons. The summed E-state index contributed by atoms with van der Waals surface area (Å²) in [6, 6.07) is 0. The number of rotatable bonds is 6. The van der Waals surface area contributed by atoms with Gasteiger partial charge in [0, 0.05) is 11.8 Å². The largest absolute Gasteiger partial charge is 0.450 e. The minimum absolute atomic E-state index is 0.0221. The average Bonchev–Trinajstić information content (AvgIpc) is 3.03. The number of ether oxygens (including phenoxy) is 1. The van der Waals surface area contributed by atoms with Crippen molar-refractivity contribution in [2.45, 2.75) is 111 Å². The molecule has 7 atom stereocenters. The summed E-state index contributed by atoms with van der Waals surface area (Å²) in [4.78, 5) is 25.9.